The van der Waals surface area contributed by atoms with E-state index in [0.717, 1.165) is 16.8 Å². The van der Waals surface area contributed by atoms with Crippen molar-refractivity contribution in [2.24, 2.45) is 0 Å². The molecular weight excluding hydrogens is 445 g/mol. The summed E-state index contributed by atoms with van der Waals surface area (Å²) in [6, 6.07) is 13.9. The summed E-state index contributed by atoms with van der Waals surface area (Å²) in [6.45, 7) is 10.4. The zero-order chi connectivity index (χ0) is 25.5. The second-order valence-corrected chi connectivity index (χ2v) is 9.21. The summed E-state index contributed by atoms with van der Waals surface area (Å²) in [6.07, 6.45) is -0.479. The van der Waals surface area contributed by atoms with Crippen LogP contribution in [0.2, 0.25) is 0 Å². The Labute approximate surface area is 206 Å². The van der Waals surface area contributed by atoms with Crippen LogP contribution in [0.5, 0.6) is 0 Å². The van der Waals surface area contributed by atoms with E-state index in [4.69, 9.17) is 4.98 Å². The quantitative estimate of drug-likeness (QED) is 0.369. The molecule has 35 heavy (non-hydrogen) atoms. The van der Waals surface area contributed by atoms with E-state index >= 15 is 0 Å². The molecular formula is C28H35FN3O3. The molecule has 3 rings (SSSR count). The number of imidazole rings is 1. The number of hydrogen-bond donors (Lipinski definition) is 3. The Morgan fingerprint density at radius 2 is 1.80 bits per heavy atom. The van der Waals surface area contributed by atoms with Gasteiger partial charge in [0.05, 0.1) is 17.9 Å². The van der Waals surface area contributed by atoms with Gasteiger partial charge in [0.1, 0.15) is 17.3 Å². The van der Waals surface area contributed by atoms with Crippen LogP contribution in [0.3, 0.4) is 0 Å². The van der Waals surface area contributed by atoms with Crippen molar-refractivity contribution < 1.29 is 19.4 Å². The molecule has 2 atom stereocenters. The number of benzene rings is 2. The van der Waals surface area contributed by atoms with Crippen molar-refractivity contribution in [1.82, 2.24) is 14.9 Å². The molecule has 0 saturated carbocycles. The Bertz CT molecular complexity index is 1120. The average molecular weight is 481 g/mol. The molecule has 0 fully saturated rings. The molecule has 0 aliphatic rings. The largest absolute Gasteiger partial charge is 0.393 e. The first kappa shape index (κ1) is 26.6. The van der Waals surface area contributed by atoms with Gasteiger partial charge in [0.15, 0.2) is 0 Å². The van der Waals surface area contributed by atoms with Gasteiger partial charge in [-0.05, 0) is 67.5 Å². The summed E-state index contributed by atoms with van der Waals surface area (Å²) in [4.78, 5) is 18.0. The second kappa shape index (κ2) is 12.1. The highest BCUT2D eigenvalue weighted by atomic mass is 19.1. The molecule has 1 aromatic heterocycles. The third-order valence-electron chi connectivity index (χ3n) is 6.14. The maximum atomic E-state index is 13.6. The minimum Gasteiger partial charge on any atom is -0.393 e. The van der Waals surface area contributed by atoms with Crippen molar-refractivity contribution in [3.8, 4) is 11.4 Å². The highest BCUT2D eigenvalue weighted by Crippen LogP contribution is 2.29. The van der Waals surface area contributed by atoms with Gasteiger partial charge in [0.2, 0.25) is 0 Å². The lowest BCUT2D eigenvalue weighted by molar-refractivity contribution is 0.0742. The van der Waals surface area contributed by atoms with Gasteiger partial charge < -0.3 is 20.1 Å². The summed E-state index contributed by atoms with van der Waals surface area (Å²) in [5, 5.41) is 23.3. The van der Waals surface area contributed by atoms with Crippen molar-refractivity contribution in [3.63, 3.8) is 0 Å². The van der Waals surface area contributed by atoms with Crippen molar-refractivity contribution in [1.29, 1.82) is 0 Å². The number of aliphatic hydroxyl groups is 2. The monoisotopic (exact) mass is 480 g/mol. The van der Waals surface area contributed by atoms with Crippen molar-refractivity contribution in [2.75, 3.05) is 0 Å². The molecule has 7 heteroatoms. The Kier molecular flexibility index (Phi) is 9.18. The molecule has 0 saturated heterocycles. The smallest absolute Gasteiger partial charge is 0.272 e. The predicted molar refractivity (Wildman–Crippen MR) is 135 cm³/mol. The highest BCUT2D eigenvalue weighted by Gasteiger charge is 2.26. The Morgan fingerprint density at radius 3 is 2.43 bits per heavy atom. The Morgan fingerprint density at radius 1 is 1.11 bits per heavy atom. The predicted octanol–water partition coefficient (Wildman–Crippen LogP) is 4.78. The van der Waals surface area contributed by atoms with Crippen molar-refractivity contribution in [2.45, 2.75) is 71.2 Å². The van der Waals surface area contributed by atoms with Gasteiger partial charge in [0, 0.05) is 18.7 Å². The molecule has 187 valence electrons. The summed E-state index contributed by atoms with van der Waals surface area (Å²) in [5.41, 5.74) is 3.86. The van der Waals surface area contributed by atoms with E-state index in [1.165, 1.54) is 12.1 Å². The summed E-state index contributed by atoms with van der Waals surface area (Å²) in [5.74, 6) is -0.130. The topological polar surface area (TPSA) is 87.4 Å². The van der Waals surface area contributed by atoms with Crippen LogP contribution < -0.4 is 5.32 Å². The molecule has 6 nitrogen and oxygen atoms in total. The van der Waals surface area contributed by atoms with Crippen LogP contribution in [0, 0.1) is 19.7 Å². The number of nitrogens with zero attached hydrogens (tertiary/aromatic N) is 2. The standard InChI is InChI=1S/C28H35FN3O3/c1-5-23(33)16-24(34)14-15-32-26(18(2)3)25(31-27(32)20-10-12-22(29)13-11-20)28(35)30-17-21-9-7-6-8-19(21)4/h6-13,18,23-24,33-34H,1,5,14-17H2,2-4H3,(H,30,35). The lowest BCUT2D eigenvalue weighted by atomic mass is 10.1. The van der Waals surface area contributed by atoms with Crippen LogP contribution in [0.1, 0.15) is 66.3 Å². The minimum atomic E-state index is -0.728. The number of carbonyl (C=O) groups excluding carboxylic acids is 1. The van der Waals surface area contributed by atoms with E-state index in [0.29, 0.717) is 43.0 Å². The summed E-state index contributed by atoms with van der Waals surface area (Å²) >= 11 is 0. The molecule has 2 unspecified atom stereocenters. The average Bonchev–Trinajstić information content (AvgIpc) is 3.22. The number of halogens is 1. The highest BCUT2D eigenvalue weighted by molar-refractivity contribution is 5.94. The first-order chi connectivity index (χ1) is 16.7. The number of aryl methyl sites for hydroxylation is 1. The molecule has 0 bridgehead atoms. The zero-order valence-corrected chi connectivity index (χ0v) is 20.7. The van der Waals surface area contributed by atoms with Crippen molar-refractivity contribution >= 4 is 5.91 Å². The second-order valence-electron chi connectivity index (χ2n) is 9.21. The lowest BCUT2D eigenvalue weighted by Crippen LogP contribution is -2.25. The molecule has 3 N–H and O–H groups in total. The molecule has 3 aromatic rings. The van der Waals surface area contributed by atoms with Gasteiger partial charge in [-0.2, -0.15) is 0 Å². The van der Waals surface area contributed by atoms with Gasteiger partial charge in [0.25, 0.3) is 5.91 Å². The van der Waals surface area contributed by atoms with Crippen LogP contribution >= 0.6 is 0 Å². The van der Waals surface area contributed by atoms with Crippen LogP contribution in [-0.2, 0) is 13.1 Å². The number of aliphatic hydroxyl groups excluding tert-OH is 2. The molecule has 2 aromatic carbocycles. The fourth-order valence-electron chi connectivity index (χ4n) is 4.16. The first-order valence-corrected chi connectivity index (χ1v) is 12.1. The van der Waals surface area contributed by atoms with Gasteiger partial charge in [-0.1, -0.05) is 45.0 Å². The van der Waals surface area contributed by atoms with Gasteiger partial charge in [-0.15, -0.1) is 0 Å². The maximum Gasteiger partial charge on any atom is 0.272 e. The molecule has 0 spiro atoms. The molecule has 0 aliphatic carbocycles. The number of carbonyl (C=O) groups is 1. The van der Waals surface area contributed by atoms with Crippen LogP contribution in [-0.4, -0.2) is 37.9 Å². The Hall–Kier alpha value is -3.03. The molecule has 1 radical (unpaired) electrons. The molecule has 0 aliphatic heterocycles. The van der Waals surface area contributed by atoms with E-state index in [9.17, 15) is 19.4 Å². The number of amides is 1. The van der Waals surface area contributed by atoms with Crippen LogP contribution in [0.4, 0.5) is 4.39 Å². The number of aromatic nitrogens is 2. The fraction of sp³-hybridized carbons (Fsp3) is 0.393. The SMILES string of the molecule is [CH2]CC(O)CC(O)CCn1c(-c2ccc(F)cc2)nc(C(=O)NCc2ccccc2C)c1C(C)C. The van der Waals surface area contributed by atoms with Crippen LogP contribution in [0.15, 0.2) is 48.5 Å². The summed E-state index contributed by atoms with van der Waals surface area (Å²) in [7, 11) is 0. The van der Waals surface area contributed by atoms with E-state index < -0.39 is 12.2 Å². The van der Waals surface area contributed by atoms with Gasteiger partial charge in [-0.3, -0.25) is 4.79 Å². The third-order valence-corrected chi connectivity index (χ3v) is 6.14. The maximum absolute atomic E-state index is 13.6. The number of nitrogens with one attached hydrogen (secondary N) is 1. The van der Waals surface area contributed by atoms with E-state index in [1.807, 2.05) is 49.6 Å². The van der Waals surface area contributed by atoms with E-state index in [-0.39, 0.29) is 24.1 Å². The number of rotatable bonds is 11. The van der Waals surface area contributed by atoms with E-state index in [2.05, 4.69) is 12.2 Å². The summed E-state index contributed by atoms with van der Waals surface area (Å²) < 4.78 is 15.5. The first-order valence-electron chi connectivity index (χ1n) is 12.1. The lowest BCUT2D eigenvalue weighted by Gasteiger charge is -2.19. The van der Waals surface area contributed by atoms with Gasteiger partial charge >= 0.3 is 0 Å². The third kappa shape index (κ3) is 6.77. The van der Waals surface area contributed by atoms with Gasteiger partial charge in [-0.25, -0.2) is 9.37 Å². The molecule has 1 heterocycles. The number of hydrogen-bond acceptors (Lipinski definition) is 4. The molecule has 1 amide bonds. The minimum absolute atomic E-state index is 0.0292. The zero-order valence-electron chi connectivity index (χ0n) is 20.7. The van der Waals surface area contributed by atoms with E-state index in [1.54, 1.807) is 12.1 Å². The van der Waals surface area contributed by atoms with Crippen LogP contribution in [0.25, 0.3) is 11.4 Å². The fourth-order valence-corrected chi connectivity index (χ4v) is 4.16. The normalized spacial score (nSPS) is 13.1. The van der Waals surface area contributed by atoms with Crippen molar-refractivity contribution in [3.05, 3.63) is 83.8 Å². The Balaban J connectivity index is 1.95.